The molecule has 1 amide bonds. The molecule has 2 aliphatic heterocycles. The van der Waals surface area contributed by atoms with Crippen molar-refractivity contribution in [2.75, 3.05) is 20.2 Å². The third kappa shape index (κ3) is 2.76. The Kier molecular flexibility index (Phi) is 4.27. The molecule has 0 atom stereocenters. The minimum Gasteiger partial charge on any atom is -0.494 e. The van der Waals surface area contributed by atoms with Crippen LogP contribution in [-0.2, 0) is 12.6 Å². The molecule has 3 heterocycles. The number of halogens is 1. The quantitative estimate of drug-likeness (QED) is 0.649. The number of carbonyl (C=O) groups excluding carboxylic acids is 1. The number of fused-ring (bicyclic) bond motifs is 4. The molecule has 7 heteroatoms. The Morgan fingerprint density at radius 2 is 1.97 bits per heavy atom. The van der Waals surface area contributed by atoms with Gasteiger partial charge in [-0.2, -0.15) is 5.10 Å². The highest BCUT2D eigenvalue weighted by atomic mass is 19.1. The molecule has 1 fully saturated rings. The molecule has 5 rings (SSSR count). The van der Waals surface area contributed by atoms with E-state index in [1.54, 1.807) is 11.0 Å². The summed E-state index contributed by atoms with van der Waals surface area (Å²) < 4.78 is 27.4. The number of rotatable bonds is 2. The molecule has 0 radical (unpaired) electrons. The van der Waals surface area contributed by atoms with Crippen LogP contribution >= 0.6 is 0 Å². The second-order valence-electron chi connectivity index (χ2n) is 7.76. The topological polar surface area (TPSA) is 56.6 Å². The van der Waals surface area contributed by atoms with Gasteiger partial charge in [-0.05, 0) is 30.3 Å². The van der Waals surface area contributed by atoms with Crippen molar-refractivity contribution in [3.63, 3.8) is 0 Å². The van der Waals surface area contributed by atoms with Crippen LogP contribution in [-0.4, -0.2) is 40.8 Å². The fraction of sp³-hybridized carbons (Fsp3) is 0.304. The second-order valence-corrected chi connectivity index (χ2v) is 7.76. The van der Waals surface area contributed by atoms with Crippen molar-refractivity contribution in [3.8, 4) is 22.8 Å². The highest BCUT2D eigenvalue weighted by Gasteiger charge is 2.45. The smallest absolute Gasteiger partial charge is 0.253 e. The van der Waals surface area contributed by atoms with Crippen molar-refractivity contribution in [2.24, 2.45) is 7.05 Å². The number of carbonyl (C=O) groups is 1. The van der Waals surface area contributed by atoms with E-state index in [1.165, 1.54) is 19.2 Å². The monoisotopic (exact) mass is 407 g/mol. The highest BCUT2D eigenvalue weighted by Crippen LogP contribution is 2.49. The molecule has 1 saturated heterocycles. The zero-order valence-corrected chi connectivity index (χ0v) is 16.9. The molecule has 3 aromatic rings. The Hall–Kier alpha value is -3.35. The summed E-state index contributed by atoms with van der Waals surface area (Å²) in [5.41, 5.74) is 2.96. The van der Waals surface area contributed by atoms with E-state index in [9.17, 15) is 9.18 Å². The van der Waals surface area contributed by atoms with Crippen molar-refractivity contribution in [2.45, 2.75) is 18.4 Å². The zero-order chi connectivity index (χ0) is 20.9. The van der Waals surface area contributed by atoms with Crippen LogP contribution in [0.2, 0.25) is 0 Å². The van der Waals surface area contributed by atoms with Crippen molar-refractivity contribution in [1.82, 2.24) is 14.7 Å². The van der Waals surface area contributed by atoms with E-state index in [4.69, 9.17) is 9.47 Å². The van der Waals surface area contributed by atoms with E-state index in [1.807, 2.05) is 42.2 Å². The lowest BCUT2D eigenvalue weighted by Gasteiger charge is -2.44. The Morgan fingerprint density at radius 1 is 1.20 bits per heavy atom. The Balaban J connectivity index is 1.41. The fourth-order valence-corrected chi connectivity index (χ4v) is 4.53. The number of amides is 1. The largest absolute Gasteiger partial charge is 0.494 e. The maximum absolute atomic E-state index is 14.0. The van der Waals surface area contributed by atoms with Gasteiger partial charge in [0.15, 0.2) is 11.6 Å². The standard InChI is InChI=1S/C23H22FN3O3/c1-26-21-16-5-3-4-6-19(16)30-23(17(21)14-25-26)9-11-27(12-10-23)22(28)15-7-8-20(29-2)18(24)13-15/h3-8,13-14H,9-12H2,1-2H3. The molecule has 6 nitrogen and oxygen atoms in total. The molecule has 0 N–H and O–H groups in total. The normalized spacial score (nSPS) is 16.6. The number of para-hydroxylation sites is 1. The fourth-order valence-electron chi connectivity index (χ4n) is 4.53. The molecule has 0 saturated carbocycles. The third-order valence-electron chi connectivity index (χ3n) is 6.13. The lowest BCUT2D eigenvalue weighted by molar-refractivity contribution is -0.00173. The van der Waals surface area contributed by atoms with Gasteiger partial charge in [-0.25, -0.2) is 4.39 Å². The van der Waals surface area contributed by atoms with E-state index < -0.39 is 11.4 Å². The number of benzene rings is 2. The van der Waals surface area contributed by atoms with E-state index in [2.05, 4.69) is 5.10 Å². The van der Waals surface area contributed by atoms with Crippen LogP contribution in [0.4, 0.5) is 4.39 Å². The van der Waals surface area contributed by atoms with Gasteiger partial charge in [0.25, 0.3) is 5.91 Å². The molecular formula is C23H22FN3O3. The zero-order valence-electron chi connectivity index (χ0n) is 16.9. The van der Waals surface area contributed by atoms with Gasteiger partial charge < -0.3 is 14.4 Å². The summed E-state index contributed by atoms with van der Waals surface area (Å²) in [5.74, 6) is 0.242. The van der Waals surface area contributed by atoms with E-state index in [-0.39, 0.29) is 11.7 Å². The van der Waals surface area contributed by atoms with Crippen molar-refractivity contribution in [1.29, 1.82) is 0 Å². The summed E-state index contributed by atoms with van der Waals surface area (Å²) in [7, 11) is 3.34. The summed E-state index contributed by atoms with van der Waals surface area (Å²) in [4.78, 5) is 14.7. The molecule has 1 aromatic heterocycles. The first-order valence-corrected chi connectivity index (χ1v) is 9.96. The number of aryl methyl sites for hydroxylation is 1. The Labute approximate surface area is 173 Å². The number of ether oxygens (including phenoxy) is 2. The average Bonchev–Trinajstić information content (AvgIpc) is 3.17. The summed E-state index contributed by atoms with van der Waals surface area (Å²) in [6, 6.07) is 12.3. The first-order valence-electron chi connectivity index (χ1n) is 9.96. The van der Waals surface area contributed by atoms with Gasteiger partial charge in [0.2, 0.25) is 0 Å². The van der Waals surface area contributed by atoms with Crippen LogP contribution in [0.5, 0.6) is 11.5 Å². The molecule has 0 aliphatic carbocycles. The highest BCUT2D eigenvalue weighted by molar-refractivity contribution is 5.94. The van der Waals surface area contributed by atoms with Crippen molar-refractivity contribution >= 4 is 5.91 Å². The summed E-state index contributed by atoms with van der Waals surface area (Å²) >= 11 is 0. The molecule has 30 heavy (non-hydrogen) atoms. The van der Waals surface area contributed by atoms with Crippen LogP contribution in [0.15, 0.2) is 48.7 Å². The minimum atomic E-state index is -0.538. The van der Waals surface area contributed by atoms with Gasteiger partial charge in [-0.3, -0.25) is 9.48 Å². The molecule has 1 spiro atoms. The summed E-state index contributed by atoms with van der Waals surface area (Å²) in [6.07, 6.45) is 3.16. The molecular weight excluding hydrogens is 385 g/mol. The number of piperidine rings is 1. The van der Waals surface area contributed by atoms with Crippen molar-refractivity contribution < 1.29 is 18.7 Å². The van der Waals surface area contributed by atoms with Crippen LogP contribution in [0.1, 0.15) is 28.8 Å². The first kappa shape index (κ1) is 18.7. The lowest BCUT2D eigenvalue weighted by Crippen LogP contribution is -2.49. The van der Waals surface area contributed by atoms with Gasteiger partial charge >= 0.3 is 0 Å². The minimum absolute atomic E-state index is 0.127. The second kappa shape index (κ2) is 6.86. The number of hydrogen-bond acceptors (Lipinski definition) is 4. The molecule has 154 valence electrons. The maximum Gasteiger partial charge on any atom is 0.253 e. The van der Waals surface area contributed by atoms with E-state index in [0.717, 1.165) is 22.6 Å². The number of hydrogen-bond donors (Lipinski definition) is 0. The summed E-state index contributed by atoms with van der Waals surface area (Å²) in [5, 5.41) is 4.48. The van der Waals surface area contributed by atoms with Gasteiger partial charge in [0, 0.05) is 49.7 Å². The van der Waals surface area contributed by atoms with Crippen LogP contribution in [0.3, 0.4) is 0 Å². The maximum atomic E-state index is 14.0. The molecule has 2 aromatic carbocycles. The SMILES string of the molecule is COc1ccc(C(=O)N2CCC3(CC2)Oc2ccccc2-c2c3cnn2C)cc1F. The molecule has 0 bridgehead atoms. The number of methoxy groups -OCH3 is 1. The van der Waals surface area contributed by atoms with Crippen LogP contribution < -0.4 is 9.47 Å². The number of nitrogens with zero attached hydrogens (tertiary/aromatic N) is 3. The molecule has 0 unspecified atom stereocenters. The third-order valence-corrected chi connectivity index (χ3v) is 6.13. The van der Waals surface area contributed by atoms with E-state index in [0.29, 0.717) is 31.5 Å². The van der Waals surface area contributed by atoms with Gasteiger partial charge in [-0.1, -0.05) is 12.1 Å². The van der Waals surface area contributed by atoms with Crippen LogP contribution in [0, 0.1) is 5.82 Å². The number of aromatic nitrogens is 2. The lowest BCUT2D eigenvalue weighted by atomic mass is 9.81. The first-order chi connectivity index (χ1) is 14.5. The van der Waals surface area contributed by atoms with Crippen LogP contribution in [0.25, 0.3) is 11.3 Å². The molecule has 2 aliphatic rings. The summed E-state index contributed by atoms with van der Waals surface area (Å²) in [6.45, 7) is 1.03. The van der Waals surface area contributed by atoms with E-state index >= 15 is 0 Å². The van der Waals surface area contributed by atoms with Gasteiger partial charge in [0.1, 0.15) is 11.4 Å². The predicted octanol–water partition coefficient (Wildman–Crippen LogP) is 3.76. The van der Waals surface area contributed by atoms with Crippen molar-refractivity contribution in [3.05, 3.63) is 65.6 Å². The van der Waals surface area contributed by atoms with Gasteiger partial charge in [0.05, 0.1) is 19.0 Å². The average molecular weight is 407 g/mol. The predicted molar refractivity (Wildman–Crippen MR) is 109 cm³/mol. The van der Waals surface area contributed by atoms with Gasteiger partial charge in [-0.15, -0.1) is 0 Å². The Bertz CT molecular complexity index is 1130. The Morgan fingerprint density at radius 3 is 2.70 bits per heavy atom. The number of likely N-dealkylation sites (tertiary alicyclic amines) is 1.